The van der Waals surface area contributed by atoms with Gasteiger partial charge in [0, 0.05) is 5.41 Å². The predicted molar refractivity (Wildman–Crippen MR) is 89.8 cm³/mol. The van der Waals surface area contributed by atoms with Gasteiger partial charge in [-0.15, -0.1) is 0 Å². The summed E-state index contributed by atoms with van der Waals surface area (Å²) >= 11 is 0. The maximum absolute atomic E-state index is 10.5. The average Bonchev–Trinajstić information content (AvgIpc) is 2.54. The van der Waals surface area contributed by atoms with Crippen molar-refractivity contribution in [2.24, 2.45) is 10.8 Å². The summed E-state index contributed by atoms with van der Waals surface area (Å²) in [5.41, 5.74) is 1.22. The molecule has 1 N–H and O–H groups in total. The van der Waals surface area contributed by atoms with Crippen molar-refractivity contribution in [2.45, 2.75) is 58.7 Å². The summed E-state index contributed by atoms with van der Waals surface area (Å²) in [5, 5.41) is 19.8. The minimum atomic E-state index is -0.520. The summed E-state index contributed by atoms with van der Waals surface area (Å²) < 4.78 is 6.47. The van der Waals surface area contributed by atoms with Gasteiger partial charge in [-0.05, 0) is 36.7 Å². The van der Waals surface area contributed by atoms with Gasteiger partial charge < -0.3 is 9.84 Å². The number of ether oxygens (including phenoxy) is 1. The van der Waals surface area contributed by atoms with E-state index in [0.29, 0.717) is 12.0 Å². The van der Waals surface area contributed by atoms with Crippen molar-refractivity contribution >= 4 is 0 Å². The number of aliphatic hydroxyl groups excluding tert-OH is 1. The Labute approximate surface area is 138 Å². The fraction of sp³-hybridized carbons (Fsp3) is 0.550. The Balaban J connectivity index is 1.84. The predicted octanol–water partition coefficient (Wildman–Crippen LogP) is 4.55. The number of hydrogen-bond donors (Lipinski definition) is 1. The van der Waals surface area contributed by atoms with Gasteiger partial charge in [0.1, 0.15) is 5.76 Å². The van der Waals surface area contributed by atoms with Crippen LogP contribution in [0, 0.1) is 22.2 Å². The van der Waals surface area contributed by atoms with E-state index in [1.807, 2.05) is 19.9 Å². The zero-order valence-corrected chi connectivity index (χ0v) is 14.2. The van der Waals surface area contributed by atoms with E-state index in [0.717, 1.165) is 19.3 Å². The normalized spacial score (nSPS) is 33.0. The van der Waals surface area contributed by atoms with E-state index in [9.17, 15) is 10.4 Å². The van der Waals surface area contributed by atoms with Gasteiger partial charge in [0.15, 0.2) is 0 Å². The van der Waals surface area contributed by atoms with Crippen LogP contribution in [0.4, 0.5) is 0 Å². The van der Waals surface area contributed by atoms with E-state index in [-0.39, 0.29) is 23.4 Å². The first kappa shape index (κ1) is 16.1. The summed E-state index contributed by atoms with van der Waals surface area (Å²) in [6, 6.07) is 12.6. The Hall–Kier alpha value is -1.79. The first-order valence-electron chi connectivity index (χ1n) is 8.39. The summed E-state index contributed by atoms with van der Waals surface area (Å²) in [5.74, 6) is 0.211. The molecule has 1 aromatic carbocycles. The van der Waals surface area contributed by atoms with E-state index >= 15 is 0 Å². The van der Waals surface area contributed by atoms with E-state index in [2.05, 4.69) is 37.3 Å². The zero-order chi connectivity index (χ0) is 16.7. The molecule has 3 nitrogen and oxygen atoms in total. The van der Waals surface area contributed by atoms with E-state index in [1.54, 1.807) is 0 Å². The molecule has 0 amide bonds. The number of allylic oxidation sites excluding steroid dienone is 1. The second-order valence-corrected chi connectivity index (χ2v) is 7.86. The highest BCUT2D eigenvalue weighted by Gasteiger charge is 2.54. The van der Waals surface area contributed by atoms with Crippen LogP contribution in [0.1, 0.15) is 45.6 Å². The Morgan fingerprint density at radius 2 is 1.96 bits per heavy atom. The molecule has 1 heterocycles. The molecular formula is C20H25NO2. The van der Waals surface area contributed by atoms with Gasteiger partial charge in [-0.3, -0.25) is 0 Å². The molecule has 0 spiro atoms. The minimum Gasteiger partial charge on any atom is -0.511 e. The largest absolute Gasteiger partial charge is 0.511 e. The summed E-state index contributed by atoms with van der Waals surface area (Å²) in [6.07, 6.45) is 3.65. The first-order chi connectivity index (χ1) is 10.9. The highest BCUT2D eigenvalue weighted by molar-refractivity contribution is 5.34. The molecule has 1 aromatic rings. The van der Waals surface area contributed by atoms with Crippen LogP contribution in [-0.2, 0) is 11.2 Å². The van der Waals surface area contributed by atoms with Gasteiger partial charge in [-0.2, -0.15) is 5.26 Å². The highest BCUT2D eigenvalue weighted by atomic mass is 16.5. The zero-order valence-electron chi connectivity index (χ0n) is 14.2. The monoisotopic (exact) mass is 311 g/mol. The Kier molecular flexibility index (Phi) is 3.98. The lowest BCUT2D eigenvalue weighted by Crippen LogP contribution is -2.54. The summed E-state index contributed by atoms with van der Waals surface area (Å²) in [4.78, 5) is 0. The lowest BCUT2D eigenvalue weighted by molar-refractivity contribution is -0.175. The molecule has 1 aliphatic carbocycles. The van der Waals surface area contributed by atoms with E-state index in [1.165, 1.54) is 5.56 Å². The van der Waals surface area contributed by atoms with Crippen molar-refractivity contribution in [3.05, 3.63) is 47.2 Å². The maximum atomic E-state index is 10.5. The first-order valence-corrected chi connectivity index (χ1v) is 8.39. The van der Waals surface area contributed by atoms with Crippen molar-refractivity contribution in [1.29, 1.82) is 5.26 Å². The number of aliphatic hydroxyl groups is 1. The lowest BCUT2D eigenvalue weighted by Gasteiger charge is -2.53. The van der Waals surface area contributed by atoms with Crippen LogP contribution in [0.25, 0.3) is 0 Å². The molecule has 0 radical (unpaired) electrons. The number of rotatable bonds is 2. The molecule has 3 rings (SSSR count). The maximum Gasteiger partial charge on any atom is 0.114 e. The molecule has 0 unspecified atom stereocenters. The second-order valence-electron chi connectivity index (χ2n) is 7.86. The van der Waals surface area contributed by atoms with Gasteiger partial charge in [-0.1, -0.05) is 51.1 Å². The van der Waals surface area contributed by atoms with Crippen molar-refractivity contribution < 1.29 is 9.84 Å². The van der Waals surface area contributed by atoms with Gasteiger partial charge >= 0.3 is 0 Å². The number of benzene rings is 1. The van der Waals surface area contributed by atoms with Crippen molar-refractivity contribution in [3.8, 4) is 6.07 Å². The smallest absolute Gasteiger partial charge is 0.114 e. The quantitative estimate of drug-likeness (QED) is 0.872. The molecule has 2 aliphatic rings. The lowest BCUT2D eigenvalue weighted by atomic mass is 9.59. The third-order valence-corrected chi connectivity index (χ3v) is 5.57. The second kappa shape index (κ2) is 5.69. The van der Waals surface area contributed by atoms with Gasteiger partial charge in [0.2, 0.25) is 0 Å². The van der Waals surface area contributed by atoms with Gasteiger partial charge in [-0.25, -0.2) is 0 Å². The molecule has 3 heteroatoms. The number of hydrogen-bond acceptors (Lipinski definition) is 3. The molecule has 1 aliphatic heterocycles. The molecule has 1 fully saturated rings. The van der Waals surface area contributed by atoms with Crippen LogP contribution in [0.3, 0.4) is 0 Å². The number of fused-ring (bicyclic) bond motifs is 1. The number of nitrogens with zero attached hydrogens (tertiary/aromatic N) is 1. The molecule has 0 aromatic heterocycles. The van der Waals surface area contributed by atoms with Crippen LogP contribution in [0.2, 0.25) is 0 Å². The van der Waals surface area contributed by atoms with Crippen LogP contribution < -0.4 is 0 Å². The molecule has 0 bridgehead atoms. The minimum absolute atomic E-state index is 0.0606. The molecule has 23 heavy (non-hydrogen) atoms. The third kappa shape index (κ3) is 2.77. The van der Waals surface area contributed by atoms with Crippen molar-refractivity contribution in [3.63, 3.8) is 0 Å². The molecular weight excluding hydrogens is 286 g/mol. The number of nitriles is 1. The highest BCUT2D eigenvalue weighted by Crippen LogP contribution is 2.54. The van der Waals surface area contributed by atoms with Gasteiger partial charge in [0.05, 0.1) is 23.9 Å². The topological polar surface area (TPSA) is 53.2 Å². The fourth-order valence-corrected chi connectivity index (χ4v) is 4.39. The Morgan fingerprint density at radius 3 is 2.61 bits per heavy atom. The fourth-order valence-electron chi connectivity index (χ4n) is 4.39. The van der Waals surface area contributed by atoms with Crippen LogP contribution >= 0.6 is 0 Å². The third-order valence-electron chi connectivity index (χ3n) is 5.57. The Bertz CT molecular complexity index is 656. The summed E-state index contributed by atoms with van der Waals surface area (Å²) in [7, 11) is 0. The molecule has 122 valence electrons. The van der Waals surface area contributed by atoms with Crippen LogP contribution in [0.15, 0.2) is 41.7 Å². The average molecular weight is 311 g/mol. The van der Waals surface area contributed by atoms with Crippen LogP contribution in [-0.4, -0.2) is 17.3 Å². The summed E-state index contributed by atoms with van der Waals surface area (Å²) in [6.45, 7) is 6.18. The SMILES string of the molecule is CC1(C)C(O)=C(C#N)C[C@]2(C)CC[C@H](Cc3ccccc3)O[C@@H]12. The molecule has 1 saturated heterocycles. The molecule has 3 atom stereocenters. The van der Waals surface area contributed by atoms with Gasteiger partial charge in [0.25, 0.3) is 0 Å². The molecule has 0 saturated carbocycles. The standard InChI is InChI=1S/C20H25NO2/c1-19(2)17(22)15(13-21)12-20(3)10-9-16(23-18(19)20)11-14-7-5-4-6-8-14/h4-8,16,18,22H,9-12H2,1-3H3/t16-,18+,20+/m1/s1. The van der Waals surface area contributed by atoms with Crippen molar-refractivity contribution in [1.82, 2.24) is 0 Å². The van der Waals surface area contributed by atoms with Crippen LogP contribution in [0.5, 0.6) is 0 Å². The Morgan fingerprint density at radius 1 is 1.26 bits per heavy atom. The van der Waals surface area contributed by atoms with Crippen molar-refractivity contribution in [2.75, 3.05) is 0 Å². The van der Waals surface area contributed by atoms with E-state index < -0.39 is 5.41 Å². The van der Waals surface area contributed by atoms with E-state index in [4.69, 9.17) is 4.74 Å².